The number of thiol groups is 1. The number of nitrogens with one attached hydrogen (secondary N) is 1. The number of ether oxygens (including phenoxy) is 2. The maximum absolute atomic E-state index is 14.5. The zero-order valence-corrected chi connectivity index (χ0v) is 22.3. The summed E-state index contributed by atoms with van der Waals surface area (Å²) in [4.78, 5) is 16.4. The fourth-order valence-electron chi connectivity index (χ4n) is 3.84. The van der Waals surface area contributed by atoms with Crippen LogP contribution in [-0.2, 0) is 0 Å². The van der Waals surface area contributed by atoms with Crippen LogP contribution in [0.1, 0.15) is 53.7 Å². The Labute approximate surface area is 233 Å². The van der Waals surface area contributed by atoms with Crippen LogP contribution in [0.15, 0.2) is 40.8 Å². The highest BCUT2D eigenvalue weighted by Gasteiger charge is 2.29. The highest BCUT2D eigenvalue weighted by Crippen LogP contribution is 2.37. The minimum Gasteiger partial charge on any atom is -0.489 e. The molecule has 5 N–H and O–H groups in total. The summed E-state index contributed by atoms with van der Waals surface area (Å²) in [6, 6.07) is 5.44. The molecule has 0 unspecified atom stereocenters. The van der Waals surface area contributed by atoms with E-state index < -0.39 is 41.6 Å². The first-order chi connectivity index (χ1) is 18.0. The first kappa shape index (κ1) is 30.5. The topological polar surface area (TPSA) is 126 Å². The van der Waals surface area contributed by atoms with Gasteiger partial charge in [0.05, 0.1) is 24.1 Å². The van der Waals surface area contributed by atoms with Gasteiger partial charge >= 0.3 is 6.61 Å². The Bertz CT molecular complexity index is 1310. The van der Waals surface area contributed by atoms with Crippen molar-refractivity contribution in [1.82, 2.24) is 10.3 Å². The largest absolute Gasteiger partial charge is 0.489 e. The van der Waals surface area contributed by atoms with Crippen molar-refractivity contribution in [3.63, 3.8) is 0 Å². The smallest absolute Gasteiger partial charge is 0.387 e. The van der Waals surface area contributed by atoms with Crippen LogP contribution < -0.4 is 26.3 Å². The molecular formula is C25H27ClF4N4O4S. The molecule has 1 aliphatic carbocycles. The Morgan fingerprint density at radius 3 is 2.51 bits per heavy atom. The SMILES string of the molecule is C[C@H](N[C@@H](c1ccc(F)cc1F)[C@@H](N)S)c1oc(-c2ccc(OC(F)F)c(OCC3CC3)c2)nc1C(N)=O.Cl. The number of hydrogen-bond donors (Lipinski definition) is 4. The van der Waals surface area contributed by atoms with Crippen LogP contribution in [0.4, 0.5) is 17.6 Å². The summed E-state index contributed by atoms with van der Waals surface area (Å²) in [5.41, 5.74) is 11.6. The zero-order chi connectivity index (χ0) is 27.6. The average molecular weight is 591 g/mol. The maximum atomic E-state index is 14.5. The zero-order valence-electron chi connectivity index (χ0n) is 20.6. The Hall–Kier alpha value is -3.00. The van der Waals surface area contributed by atoms with E-state index in [9.17, 15) is 22.4 Å². The number of aromatic nitrogens is 1. The second kappa shape index (κ2) is 12.9. The number of carbonyl (C=O) groups is 1. The summed E-state index contributed by atoms with van der Waals surface area (Å²) in [6.45, 7) is -1.12. The van der Waals surface area contributed by atoms with Gasteiger partial charge in [0, 0.05) is 17.2 Å². The van der Waals surface area contributed by atoms with Crippen LogP contribution in [0.2, 0.25) is 0 Å². The number of amides is 1. The summed E-state index contributed by atoms with van der Waals surface area (Å²) in [5.74, 6) is -2.26. The minimum absolute atomic E-state index is 0. The van der Waals surface area contributed by atoms with Gasteiger partial charge in [0.1, 0.15) is 11.6 Å². The van der Waals surface area contributed by atoms with Crippen molar-refractivity contribution in [3.05, 3.63) is 65.1 Å². The van der Waals surface area contributed by atoms with Crippen molar-refractivity contribution >= 4 is 30.9 Å². The molecule has 1 aromatic heterocycles. The highest BCUT2D eigenvalue weighted by molar-refractivity contribution is 7.80. The lowest BCUT2D eigenvalue weighted by molar-refractivity contribution is -0.0515. The van der Waals surface area contributed by atoms with E-state index in [1.54, 1.807) is 6.92 Å². The van der Waals surface area contributed by atoms with Gasteiger partial charge in [0.25, 0.3) is 5.91 Å². The fourth-order valence-corrected chi connectivity index (χ4v) is 4.08. The molecule has 0 bridgehead atoms. The lowest BCUT2D eigenvalue weighted by Gasteiger charge is -2.26. The van der Waals surface area contributed by atoms with Crippen molar-refractivity contribution in [2.24, 2.45) is 17.4 Å². The molecule has 1 amide bonds. The van der Waals surface area contributed by atoms with Crippen molar-refractivity contribution in [2.45, 2.75) is 43.8 Å². The molecule has 2 aromatic carbocycles. The van der Waals surface area contributed by atoms with Gasteiger partial charge in [-0.25, -0.2) is 13.8 Å². The minimum atomic E-state index is -3.05. The van der Waals surface area contributed by atoms with E-state index >= 15 is 0 Å². The number of alkyl halides is 2. The van der Waals surface area contributed by atoms with Gasteiger partial charge in [-0.1, -0.05) is 6.07 Å². The summed E-state index contributed by atoms with van der Waals surface area (Å²) >= 11 is 4.21. The van der Waals surface area contributed by atoms with E-state index in [2.05, 4.69) is 27.7 Å². The highest BCUT2D eigenvalue weighted by atomic mass is 35.5. The van der Waals surface area contributed by atoms with E-state index in [1.165, 1.54) is 24.3 Å². The summed E-state index contributed by atoms with van der Waals surface area (Å²) in [7, 11) is 0. The van der Waals surface area contributed by atoms with Crippen LogP contribution in [0.5, 0.6) is 11.5 Å². The molecule has 0 radical (unpaired) electrons. The van der Waals surface area contributed by atoms with Crippen molar-refractivity contribution in [1.29, 1.82) is 0 Å². The first-order valence-electron chi connectivity index (χ1n) is 11.7. The Balaban J connectivity index is 0.00000420. The molecule has 39 heavy (non-hydrogen) atoms. The number of hydrogen-bond acceptors (Lipinski definition) is 8. The molecule has 0 aliphatic heterocycles. The molecular weight excluding hydrogens is 564 g/mol. The van der Waals surface area contributed by atoms with E-state index in [0.717, 1.165) is 25.0 Å². The third-order valence-electron chi connectivity index (χ3n) is 5.93. The lowest BCUT2D eigenvalue weighted by atomic mass is 10.0. The number of rotatable bonds is 12. The molecule has 1 saturated carbocycles. The van der Waals surface area contributed by atoms with Gasteiger partial charge in [0.2, 0.25) is 5.89 Å². The number of nitrogens with zero attached hydrogens (tertiary/aromatic N) is 1. The lowest BCUT2D eigenvalue weighted by Crippen LogP contribution is -2.37. The molecule has 3 aromatic rings. The summed E-state index contributed by atoms with van der Waals surface area (Å²) in [6.07, 6.45) is 1.97. The van der Waals surface area contributed by atoms with Crippen LogP contribution in [0, 0.1) is 17.6 Å². The fraction of sp³-hybridized carbons (Fsp3) is 0.360. The van der Waals surface area contributed by atoms with Gasteiger partial charge in [-0.05, 0) is 49.9 Å². The summed E-state index contributed by atoms with van der Waals surface area (Å²) < 4.78 is 69.7. The molecule has 8 nitrogen and oxygen atoms in total. The Kier molecular flexibility index (Phi) is 10.1. The molecule has 1 fully saturated rings. The van der Waals surface area contributed by atoms with Gasteiger partial charge in [-0.3, -0.25) is 10.1 Å². The number of oxazole rings is 1. The number of halogens is 5. The first-order valence-corrected chi connectivity index (χ1v) is 12.2. The van der Waals surface area contributed by atoms with Crippen LogP contribution in [-0.4, -0.2) is 29.5 Å². The Morgan fingerprint density at radius 2 is 1.92 bits per heavy atom. The molecule has 14 heteroatoms. The van der Waals surface area contributed by atoms with E-state index in [0.29, 0.717) is 18.1 Å². The van der Waals surface area contributed by atoms with Gasteiger partial charge in [-0.15, -0.1) is 12.4 Å². The van der Waals surface area contributed by atoms with Gasteiger partial charge < -0.3 is 25.4 Å². The third kappa shape index (κ3) is 7.56. The average Bonchev–Trinajstić information content (AvgIpc) is 3.56. The normalized spacial score (nSPS) is 15.4. The Morgan fingerprint density at radius 1 is 1.21 bits per heavy atom. The molecule has 0 saturated heterocycles. The second-order valence-corrected chi connectivity index (χ2v) is 9.51. The molecule has 4 rings (SSSR count). The van der Waals surface area contributed by atoms with Crippen LogP contribution in [0.25, 0.3) is 11.5 Å². The number of benzene rings is 2. The molecule has 212 valence electrons. The maximum Gasteiger partial charge on any atom is 0.387 e. The second-order valence-electron chi connectivity index (χ2n) is 8.91. The number of carbonyl (C=O) groups excluding carboxylic acids is 1. The van der Waals surface area contributed by atoms with E-state index in [4.69, 9.17) is 20.6 Å². The van der Waals surface area contributed by atoms with Crippen molar-refractivity contribution in [2.75, 3.05) is 6.61 Å². The van der Waals surface area contributed by atoms with Crippen LogP contribution >= 0.6 is 25.0 Å². The van der Waals surface area contributed by atoms with Gasteiger partial charge in [-0.2, -0.15) is 21.4 Å². The van der Waals surface area contributed by atoms with Crippen LogP contribution in [0.3, 0.4) is 0 Å². The predicted molar refractivity (Wildman–Crippen MR) is 140 cm³/mol. The predicted octanol–water partition coefficient (Wildman–Crippen LogP) is 5.14. The van der Waals surface area contributed by atoms with E-state index in [1.807, 2.05) is 0 Å². The molecule has 1 aliphatic rings. The van der Waals surface area contributed by atoms with Gasteiger partial charge in [0.15, 0.2) is 23.0 Å². The number of primary amides is 1. The van der Waals surface area contributed by atoms with Crippen molar-refractivity contribution in [3.8, 4) is 23.0 Å². The molecule has 3 atom stereocenters. The number of nitrogens with two attached hydrogens (primary N) is 2. The van der Waals surface area contributed by atoms with E-state index in [-0.39, 0.29) is 46.8 Å². The molecule has 0 spiro atoms. The standard InChI is InChI=1S/C25H26F4N4O4S.ClH/c1-11(32-19(23(31)38)15-6-5-14(26)9-16(15)27)21-20(22(30)34)33-24(37-21)13-4-7-17(36-25(28)29)18(8-13)35-10-12-2-3-12;/h4-9,11-12,19,23,25,32,38H,2-3,10,31H2,1H3,(H2,30,34);1H/t11-,19-,23-;/m0./s1. The monoisotopic (exact) mass is 590 g/mol. The third-order valence-corrected chi connectivity index (χ3v) is 6.23. The van der Waals surface area contributed by atoms with Crippen molar-refractivity contribution < 1.29 is 36.2 Å². The summed E-state index contributed by atoms with van der Waals surface area (Å²) in [5, 5.41) is 2.09. The molecule has 1 heterocycles. The quantitative estimate of drug-likeness (QED) is 0.131.